The number of hydrazone groups is 1. The van der Waals surface area contributed by atoms with Gasteiger partial charge in [-0.15, -0.1) is 5.10 Å². The molecule has 1 amide bonds. The van der Waals surface area contributed by atoms with Crippen LogP contribution in [0.25, 0.3) is 5.70 Å². The minimum atomic E-state index is -0.535. The van der Waals surface area contributed by atoms with Crippen molar-refractivity contribution in [1.82, 2.24) is 10.3 Å². The van der Waals surface area contributed by atoms with Gasteiger partial charge in [-0.1, -0.05) is 52.8 Å². The van der Waals surface area contributed by atoms with Gasteiger partial charge in [-0.2, -0.15) is 0 Å². The smallest absolute Gasteiger partial charge is 0.276 e. The summed E-state index contributed by atoms with van der Waals surface area (Å²) in [6.07, 6.45) is -0.535. The van der Waals surface area contributed by atoms with Crippen LogP contribution in [-0.2, 0) is 4.79 Å². The average Bonchev–Trinajstić information content (AvgIpc) is 2.66. The first kappa shape index (κ1) is 19.5. The Morgan fingerprint density at radius 2 is 2.07 bits per heavy atom. The number of thioether (sulfide) groups is 1. The number of methoxy groups -OCH3 is 1. The number of rotatable bonds is 3. The number of benzene rings is 2. The highest BCUT2D eigenvalue weighted by atomic mass is 79.9. The fourth-order valence-electron chi connectivity index (χ4n) is 3.22. The molecule has 2 aromatic rings. The Hall–Kier alpha value is -1.84. The lowest BCUT2D eigenvalue weighted by molar-refractivity contribution is -0.116. The molecule has 1 atom stereocenters. The molecule has 2 aromatic carbocycles. The van der Waals surface area contributed by atoms with Crippen LogP contribution in [-0.4, -0.2) is 28.9 Å². The van der Waals surface area contributed by atoms with Gasteiger partial charge in [0.15, 0.2) is 11.3 Å². The highest BCUT2D eigenvalue weighted by Crippen LogP contribution is 2.41. The molecule has 9 heteroatoms. The van der Waals surface area contributed by atoms with Gasteiger partial charge in [0.25, 0.3) is 5.91 Å². The molecule has 0 spiro atoms. The number of nitrogens with one attached hydrogen (secondary N) is 1. The third kappa shape index (κ3) is 3.35. The molecule has 2 aliphatic heterocycles. The van der Waals surface area contributed by atoms with Crippen LogP contribution in [0.3, 0.4) is 0 Å². The molecule has 144 valence electrons. The van der Waals surface area contributed by atoms with Crippen LogP contribution < -0.4 is 20.6 Å². The zero-order valence-corrected chi connectivity index (χ0v) is 19.1. The number of amides is 1. The lowest BCUT2D eigenvalue weighted by atomic mass is 10.1. The Bertz CT molecular complexity index is 1120. The molecule has 2 heterocycles. The van der Waals surface area contributed by atoms with Crippen LogP contribution in [0.2, 0.25) is 0 Å². The van der Waals surface area contributed by atoms with Gasteiger partial charge >= 0.3 is 0 Å². The van der Waals surface area contributed by atoms with Gasteiger partial charge in [-0.25, -0.2) is 5.01 Å². The molecule has 0 saturated carbocycles. The topological polar surface area (TPSA) is 66.3 Å². The van der Waals surface area contributed by atoms with Crippen molar-refractivity contribution in [3.8, 4) is 5.75 Å². The molecular formula is C19H16Br2N4O2S. The molecule has 6 nitrogen and oxygen atoms in total. The van der Waals surface area contributed by atoms with Crippen LogP contribution in [0, 0.1) is 0 Å². The number of carbonyl (C=O) groups excluding carboxylic acids is 1. The summed E-state index contributed by atoms with van der Waals surface area (Å²) in [4.78, 5) is 17.9. The van der Waals surface area contributed by atoms with E-state index in [2.05, 4.69) is 37.2 Å². The van der Waals surface area contributed by atoms with Gasteiger partial charge in [0.05, 0.1) is 16.9 Å². The Labute approximate surface area is 183 Å². The monoisotopic (exact) mass is 522 g/mol. The molecule has 2 aliphatic rings. The Kier molecular flexibility index (Phi) is 5.48. The van der Waals surface area contributed by atoms with Crippen molar-refractivity contribution in [1.29, 1.82) is 0 Å². The van der Waals surface area contributed by atoms with Gasteiger partial charge in [0.1, 0.15) is 11.4 Å². The van der Waals surface area contributed by atoms with E-state index in [9.17, 15) is 4.79 Å². The molecule has 0 saturated heterocycles. The molecule has 0 bridgehead atoms. The number of halogens is 2. The summed E-state index contributed by atoms with van der Waals surface area (Å²) in [5, 5.41) is 11.3. The summed E-state index contributed by atoms with van der Waals surface area (Å²) in [5.74, 6) is 1.26. The normalized spacial score (nSPS) is 17.9. The molecule has 0 aliphatic carbocycles. The summed E-state index contributed by atoms with van der Waals surface area (Å²) >= 11 is 8.57. The second-order valence-corrected chi connectivity index (χ2v) is 9.04. The maximum absolute atomic E-state index is 13.0. The second-order valence-electron chi connectivity index (χ2n) is 6.02. The van der Waals surface area contributed by atoms with E-state index in [4.69, 9.17) is 14.8 Å². The van der Waals surface area contributed by atoms with Crippen LogP contribution >= 0.6 is 43.6 Å². The molecule has 0 aromatic heterocycles. The zero-order chi connectivity index (χ0) is 19.8. The number of hydrogen-bond donors (Lipinski definition) is 1. The van der Waals surface area contributed by atoms with Crippen molar-refractivity contribution in [3.05, 3.63) is 61.5 Å². The minimum absolute atomic E-state index is 0.189. The van der Waals surface area contributed by atoms with E-state index < -0.39 is 6.17 Å². The summed E-state index contributed by atoms with van der Waals surface area (Å²) in [6, 6.07) is 11.4. The molecule has 0 unspecified atom stereocenters. The Morgan fingerprint density at radius 3 is 2.82 bits per heavy atom. The van der Waals surface area contributed by atoms with E-state index in [1.165, 1.54) is 11.8 Å². The van der Waals surface area contributed by atoms with Crippen molar-refractivity contribution in [3.63, 3.8) is 0 Å². The van der Waals surface area contributed by atoms with Gasteiger partial charge < -0.3 is 4.74 Å². The summed E-state index contributed by atoms with van der Waals surface area (Å²) in [7, 11) is 1.61. The average molecular weight is 524 g/mol. The zero-order valence-electron chi connectivity index (χ0n) is 15.1. The standard InChI is InChI=1S/C19H16Br2N4O2S/c1-3-28-19-23-18(26)15-11-6-4-5-7-14(11)22-17(25(15)24-19)12-8-10(20)9-13(21)16(12)27-2/h4-9,17H,3H2,1-2H3,(H,23,24,26)/t17-/m0/s1. The first-order chi connectivity index (χ1) is 13.5. The quantitative estimate of drug-likeness (QED) is 0.671. The lowest BCUT2D eigenvalue weighted by Crippen LogP contribution is -2.50. The number of hydrogen-bond acceptors (Lipinski definition) is 6. The predicted octanol–water partition coefficient (Wildman–Crippen LogP) is 3.12. The maximum atomic E-state index is 13.0. The largest absolute Gasteiger partial charge is 0.495 e. The SMILES string of the molecule is CCSC1=NN2C(=c3ccccc3=N[C@@H]2c2cc(Br)cc(Br)c2OC)C(=O)N1. The van der Waals surface area contributed by atoms with Gasteiger partial charge in [-0.3, -0.25) is 15.1 Å². The van der Waals surface area contributed by atoms with Crippen molar-refractivity contribution < 1.29 is 9.53 Å². The molecule has 0 fully saturated rings. The first-order valence-corrected chi connectivity index (χ1v) is 11.1. The van der Waals surface area contributed by atoms with E-state index in [1.807, 2.05) is 43.3 Å². The maximum Gasteiger partial charge on any atom is 0.276 e. The molecule has 4 rings (SSSR count). The third-order valence-corrected chi connectivity index (χ3v) is 6.11. The van der Waals surface area contributed by atoms with Crippen molar-refractivity contribution in [2.75, 3.05) is 12.9 Å². The van der Waals surface area contributed by atoms with Crippen LogP contribution in [0.15, 0.2) is 55.4 Å². The number of carbonyl (C=O) groups is 1. The summed E-state index contributed by atoms with van der Waals surface area (Å²) in [5.41, 5.74) is 1.28. The minimum Gasteiger partial charge on any atom is -0.495 e. The van der Waals surface area contributed by atoms with E-state index in [0.717, 1.165) is 30.8 Å². The van der Waals surface area contributed by atoms with E-state index in [1.54, 1.807) is 12.1 Å². The van der Waals surface area contributed by atoms with Crippen LogP contribution in [0.5, 0.6) is 5.75 Å². The Balaban J connectivity index is 2.00. The molecule has 0 radical (unpaired) electrons. The highest BCUT2D eigenvalue weighted by molar-refractivity contribution is 9.11. The molecule has 28 heavy (non-hydrogen) atoms. The number of ether oxygens (including phenoxy) is 1. The van der Waals surface area contributed by atoms with Crippen molar-refractivity contribution >= 4 is 60.4 Å². The Morgan fingerprint density at radius 1 is 1.29 bits per heavy atom. The molecular weight excluding hydrogens is 508 g/mol. The second kappa shape index (κ2) is 7.88. The fourth-order valence-corrected chi connectivity index (χ4v) is 5.22. The van der Waals surface area contributed by atoms with Crippen molar-refractivity contribution in [2.45, 2.75) is 13.1 Å². The number of fused-ring (bicyclic) bond motifs is 2. The predicted molar refractivity (Wildman–Crippen MR) is 117 cm³/mol. The molecule has 1 N–H and O–H groups in total. The summed E-state index contributed by atoms with van der Waals surface area (Å²) < 4.78 is 7.30. The van der Waals surface area contributed by atoms with Crippen LogP contribution in [0.1, 0.15) is 18.7 Å². The first-order valence-electron chi connectivity index (χ1n) is 8.55. The van der Waals surface area contributed by atoms with Crippen LogP contribution in [0.4, 0.5) is 0 Å². The fraction of sp³-hybridized carbons (Fsp3) is 0.211. The number of amidine groups is 1. The van der Waals surface area contributed by atoms with E-state index >= 15 is 0 Å². The van der Waals surface area contributed by atoms with Gasteiger partial charge in [0.2, 0.25) is 0 Å². The van der Waals surface area contributed by atoms with Crippen molar-refractivity contribution in [2.24, 2.45) is 10.1 Å². The number of para-hydroxylation sites is 1. The van der Waals surface area contributed by atoms with Gasteiger partial charge in [0, 0.05) is 15.3 Å². The van der Waals surface area contributed by atoms with E-state index in [-0.39, 0.29) is 5.91 Å². The highest BCUT2D eigenvalue weighted by Gasteiger charge is 2.36. The third-order valence-electron chi connectivity index (χ3n) is 4.32. The van der Waals surface area contributed by atoms with Gasteiger partial charge in [-0.05, 0) is 39.9 Å². The number of nitrogens with zero attached hydrogens (tertiary/aromatic N) is 3. The lowest BCUT2D eigenvalue weighted by Gasteiger charge is -2.34. The summed E-state index contributed by atoms with van der Waals surface area (Å²) in [6.45, 7) is 2.01. The van der Waals surface area contributed by atoms with E-state index in [0.29, 0.717) is 16.6 Å².